The van der Waals surface area contributed by atoms with Crippen LogP contribution in [0.4, 0.5) is 9.18 Å². The molecule has 2 rings (SSSR count). The van der Waals surface area contributed by atoms with Crippen LogP contribution in [0.5, 0.6) is 0 Å². The van der Waals surface area contributed by atoms with Gasteiger partial charge in [-0.3, -0.25) is 4.79 Å². The molecule has 26 heavy (non-hydrogen) atoms. The first-order valence-electron chi connectivity index (χ1n) is 8.14. The van der Waals surface area contributed by atoms with E-state index in [1.165, 1.54) is 24.3 Å². The summed E-state index contributed by atoms with van der Waals surface area (Å²) in [5, 5.41) is 11.7. The first-order chi connectivity index (χ1) is 12.3. The second-order valence-electron chi connectivity index (χ2n) is 6.63. The van der Waals surface area contributed by atoms with Crippen molar-refractivity contribution in [3.05, 3.63) is 47.4 Å². The summed E-state index contributed by atoms with van der Waals surface area (Å²) in [5.41, 5.74) is 0.120. The summed E-state index contributed by atoms with van der Waals surface area (Å²) in [4.78, 5) is 27.7. The number of nitrogens with zero attached hydrogens (tertiary/aromatic N) is 2. The van der Waals surface area contributed by atoms with Gasteiger partial charge in [-0.25, -0.2) is 9.18 Å². The van der Waals surface area contributed by atoms with Crippen LogP contribution < -0.4 is 16.0 Å². The van der Waals surface area contributed by atoms with Crippen LogP contribution in [0.2, 0.25) is 0 Å². The molecule has 0 aliphatic rings. The molecule has 0 spiro atoms. The molecule has 0 aliphatic carbocycles. The molecule has 1 heterocycles. The highest BCUT2D eigenvalue weighted by Crippen LogP contribution is 2.18. The Hall–Kier alpha value is -2.97. The van der Waals surface area contributed by atoms with E-state index in [2.05, 4.69) is 26.1 Å². The van der Waals surface area contributed by atoms with Gasteiger partial charge in [0.25, 0.3) is 5.91 Å². The maximum Gasteiger partial charge on any atom is 0.315 e. The number of hydrogen-bond donors (Lipinski definition) is 3. The van der Waals surface area contributed by atoms with Crippen LogP contribution in [-0.4, -0.2) is 35.2 Å². The van der Waals surface area contributed by atoms with Crippen molar-refractivity contribution in [2.75, 3.05) is 13.1 Å². The minimum absolute atomic E-state index is 0.108. The van der Waals surface area contributed by atoms with E-state index in [1.54, 1.807) is 0 Å². The van der Waals surface area contributed by atoms with Crippen LogP contribution in [0.3, 0.4) is 0 Å². The fourth-order valence-electron chi connectivity index (χ4n) is 1.91. The lowest BCUT2D eigenvalue weighted by atomic mass is 9.96. The normalized spacial score (nSPS) is 11.1. The molecular formula is C17H22FN5O3. The molecule has 1 aromatic carbocycles. The van der Waals surface area contributed by atoms with Crippen molar-refractivity contribution in [3.8, 4) is 0 Å². The minimum atomic E-state index is -0.420. The van der Waals surface area contributed by atoms with Crippen LogP contribution in [0.1, 0.15) is 42.8 Å². The van der Waals surface area contributed by atoms with Gasteiger partial charge in [0.1, 0.15) is 5.82 Å². The second-order valence-corrected chi connectivity index (χ2v) is 6.63. The second kappa shape index (κ2) is 8.41. The lowest BCUT2D eigenvalue weighted by molar-refractivity contribution is 0.0954. The van der Waals surface area contributed by atoms with Crippen LogP contribution in [0.15, 0.2) is 28.8 Å². The van der Waals surface area contributed by atoms with Crippen LogP contribution in [-0.2, 0) is 12.0 Å². The Morgan fingerprint density at radius 2 is 1.73 bits per heavy atom. The standard InChI is InChI=1S/C17H22FN5O3/c1-17(2,3)15-22-13(26-23-15)10-21-16(25)20-9-8-19-14(24)11-4-6-12(18)7-5-11/h4-7H,8-10H2,1-3H3,(H,19,24)(H2,20,21,25). The highest BCUT2D eigenvalue weighted by atomic mass is 19.1. The van der Waals surface area contributed by atoms with E-state index in [-0.39, 0.29) is 31.0 Å². The summed E-state index contributed by atoms with van der Waals surface area (Å²) in [6.45, 7) is 6.46. The van der Waals surface area contributed by atoms with Gasteiger partial charge in [-0.05, 0) is 24.3 Å². The maximum atomic E-state index is 12.8. The first kappa shape index (κ1) is 19.4. The highest BCUT2D eigenvalue weighted by Gasteiger charge is 2.20. The molecule has 3 N–H and O–H groups in total. The Labute approximate surface area is 150 Å². The Kier molecular flexibility index (Phi) is 6.26. The van der Waals surface area contributed by atoms with E-state index in [9.17, 15) is 14.0 Å². The quantitative estimate of drug-likeness (QED) is 0.677. The monoisotopic (exact) mass is 363 g/mol. The number of rotatable bonds is 6. The number of nitrogens with one attached hydrogen (secondary N) is 3. The molecule has 0 aliphatic heterocycles. The Morgan fingerprint density at radius 1 is 1.08 bits per heavy atom. The van der Waals surface area contributed by atoms with Gasteiger partial charge in [-0.15, -0.1) is 0 Å². The van der Waals surface area contributed by atoms with Gasteiger partial charge in [0.15, 0.2) is 5.82 Å². The zero-order chi connectivity index (χ0) is 19.2. The third-order valence-electron chi connectivity index (χ3n) is 3.34. The zero-order valence-corrected chi connectivity index (χ0v) is 14.9. The lowest BCUT2D eigenvalue weighted by Crippen LogP contribution is -2.40. The summed E-state index contributed by atoms with van der Waals surface area (Å²) in [7, 11) is 0. The van der Waals surface area contributed by atoms with Crippen molar-refractivity contribution in [1.29, 1.82) is 0 Å². The molecule has 0 saturated heterocycles. The third-order valence-corrected chi connectivity index (χ3v) is 3.34. The number of carbonyl (C=O) groups excluding carboxylic acids is 2. The van der Waals surface area contributed by atoms with E-state index in [0.29, 0.717) is 17.3 Å². The van der Waals surface area contributed by atoms with Gasteiger partial charge >= 0.3 is 6.03 Å². The smallest absolute Gasteiger partial charge is 0.315 e. The summed E-state index contributed by atoms with van der Waals surface area (Å²) < 4.78 is 17.9. The van der Waals surface area contributed by atoms with Crippen molar-refractivity contribution in [2.24, 2.45) is 0 Å². The molecule has 2 aromatic rings. The van der Waals surface area contributed by atoms with Gasteiger partial charge in [0.2, 0.25) is 5.89 Å². The number of aromatic nitrogens is 2. The van der Waals surface area contributed by atoms with Gasteiger partial charge in [0.05, 0.1) is 6.54 Å². The van der Waals surface area contributed by atoms with E-state index < -0.39 is 11.8 Å². The molecule has 1 aromatic heterocycles. The summed E-state index contributed by atoms with van der Waals surface area (Å²) >= 11 is 0. The van der Waals surface area contributed by atoms with Gasteiger partial charge in [-0.2, -0.15) is 4.98 Å². The molecule has 8 nitrogen and oxygen atoms in total. The first-order valence-corrected chi connectivity index (χ1v) is 8.14. The van der Waals surface area contributed by atoms with E-state index in [4.69, 9.17) is 4.52 Å². The predicted molar refractivity (Wildman–Crippen MR) is 92.0 cm³/mol. The van der Waals surface area contributed by atoms with Crippen LogP contribution >= 0.6 is 0 Å². The molecule has 0 bridgehead atoms. The molecule has 0 saturated carbocycles. The summed E-state index contributed by atoms with van der Waals surface area (Å²) in [6.07, 6.45) is 0. The minimum Gasteiger partial charge on any atom is -0.350 e. The fourth-order valence-corrected chi connectivity index (χ4v) is 1.91. The molecule has 0 fully saturated rings. The van der Waals surface area contributed by atoms with Crippen molar-refractivity contribution in [2.45, 2.75) is 32.7 Å². The van der Waals surface area contributed by atoms with E-state index >= 15 is 0 Å². The van der Waals surface area contributed by atoms with E-state index in [1.807, 2.05) is 20.8 Å². The van der Waals surface area contributed by atoms with Crippen molar-refractivity contribution in [1.82, 2.24) is 26.1 Å². The van der Waals surface area contributed by atoms with Crippen molar-refractivity contribution >= 4 is 11.9 Å². The lowest BCUT2D eigenvalue weighted by Gasteiger charge is -2.10. The molecule has 9 heteroatoms. The Bertz CT molecular complexity index is 753. The SMILES string of the molecule is CC(C)(C)c1noc(CNC(=O)NCCNC(=O)c2ccc(F)cc2)n1. The average Bonchev–Trinajstić information content (AvgIpc) is 3.07. The van der Waals surface area contributed by atoms with Gasteiger partial charge < -0.3 is 20.5 Å². The van der Waals surface area contributed by atoms with Gasteiger partial charge in [-0.1, -0.05) is 25.9 Å². The number of benzene rings is 1. The van der Waals surface area contributed by atoms with Crippen LogP contribution in [0.25, 0.3) is 0 Å². The van der Waals surface area contributed by atoms with E-state index in [0.717, 1.165) is 0 Å². The number of hydrogen-bond acceptors (Lipinski definition) is 5. The fraction of sp³-hybridized carbons (Fsp3) is 0.412. The number of amides is 3. The highest BCUT2D eigenvalue weighted by molar-refractivity contribution is 5.94. The topological polar surface area (TPSA) is 109 Å². The van der Waals surface area contributed by atoms with Crippen molar-refractivity contribution in [3.63, 3.8) is 0 Å². The van der Waals surface area contributed by atoms with Gasteiger partial charge in [0, 0.05) is 24.1 Å². The molecule has 140 valence electrons. The molecule has 0 unspecified atom stereocenters. The number of halogens is 1. The zero-order valence-electron chi connectivity index (χ0n) is 14.9. The average molecular weight is 363 g/mol. The molecule has 3 amide bonds. The molecular weight excluding hydrogens is 341 g/mol. The largest absolute Gasteiger partial charge is 0.350 e. The Balaban J connectivity index is 1.65. The third kappa shape index (κ3) is 5.83. The summed E-state index contributed by atoms with van der Waals surface area (Å²) in [5.74, 6) is 0.136. The van der Waals surface area contributed by atoms with Crippen molar-refractivity contribution < 1.29 is 18.5 Å². The maximum absolute atomic E-state index is 12.8. The number of urea groups is 1. The molecule has 0 atom stereocenters. The Morgan fingerprint density at radius 3 is 2.35 bits per heavy atom. The van der Waals surface area contributed by atoms with Crippen LogP contribution in [0, 0.1) is 5.82 Å². The number of carbonyl (C=O) groups is 2. The summed E-state index contributed by atoms with van der Waals surface area (Å²) in [6, 6.07) is 4.78. The predicted octanol–water partition coefficient (Wildman–Crippen LogP) is 1.74. The molecule has 0 radical (unpaired) electrons.